The molecule has 0 aromatic heterocycles. The Kier molecular flexibility index (Phi) is 5.59. The summed E-state index contributed by atoms with van der Waals surface area (Å²) in [4.78, 5) is 34.9. The van der Waals surface area contributed by atoms with E-state index in [-0.39, 0.29) is 30.3 Å². The predicted molar refractivity (Wildman–Crippen MR) is 68.4 cm³/mol. The van der Waals surface area contributed by atoms with Gasteiger partial charge in [0.1, 0.15) is 0 Å². The zero-order valence-corrected chi connectivity index (χ0v) is 11.1. The molecule has 0 saturated carbocycles. The standard InChI is InChI=1S/C12H21N3O4/c1-8(2-3-10(16)17)14-12(19)15-6-4-9(5-7-15)11(13)18/h8-9H,2-7H2,1H3,(H2,13,18)(H,14,19)(H,16,17). The zero-order valence-electron chi connectivity index (χ0n) is 11.1. The van der Waals surface area contributed by atoms with E-state index in [1.165, 1.54) is 0 Å². The lowest BCUT2D eigenvalue weighted by Gasteiger charge is -2.31. The summed E-state index contributed by atoms with van der Waals surface area (Å²) in [5, 5.41) is 11.3. The minimum absolute atomic E-state index is 0.0329. The number of aliphatic carboxylic acids is 1. The van der Waals surface area contributed by atoms with Crippen molar-refractivity contribution in [1.29, 1.82) is 0 Å². The number of carbonyl (C=O) groups excluding carboxylic acids is 2. The van der Waals surface area contributed by atoms with Crippen LogP contribution in [-0.2, 0) is 9.59 Å². The lowest BCUT2D eigenvalue weighted by molar-refractivity contribution is -0.137. The van der Waals surface area contributed by atoms with Crippen molar-refractivity contribution in [2.75, 3.05) is 13.1 Å². The van der Waals surface area contributed by atoms with Gasteiger partial charge in [-0.1, -0.05) is 0 Å². The topological polar surface area (TPSA) is 113 Å². The number of hydrogen-bond donors (Lipinski definition) is 3. The molecule has 1 heterocycles. The Hall–Kier alpha value is -1.79. The number of nitrogens with one attached hydrogen (secondary N) is 1. The average molecular weight is 271 g/mol. The van der Waals surface area contributed by atoms with Crippen LogP contribution in [-0.4, -0.2) is 47.0 Å². The van der Waals surface area contributed by atoms with Gasteiger partial charge in [-0.05, 0) is 26.2 Å². The van der Waals surface area contributed by atoms with E-state index in [4.69, 9.17) is 10.8 Å². The number of urea groups is 1. The fourth-order valence-electron chi connectivity index (χ4n) is 2.08. The van der Waals surface area contributed by atoms with Crippen molar-refractivity contribution in [3.05, 3.63) is 0 Å². The number of primary amides is 1. The van der Waals surface area contributed by atoms with Crippen LogP contribution in [0.2, 0.25) is 0 Å². The predicted octanol–water partition coefficient (Wildman–Crippen LogP) is 0.147. The summed E-state index contributed by atoms with van der Waals surface area (Å²) >= 11 is 0. The van der Waals surface area contributed by atoms with Gasteiger partial charge in [0.15, 0.2) is 0 Å². The normalized spacial score (nSPS) is 17.8. The van der Waals surface area contributed by atoms with Gasteiger partial charge in [0, 0.05) is 31.5 Å². The second-order valence-corrected chi connectivity index (χ2v) is 4.95. The molecule has 7 heteroatoms. The largest absolute Gasteiger partial charge is 0.481 e. The number of likely N-dealkylation sites (tertiary alicyclic amines) is 1. The van der Waals surface area contributed by atoms with E-state index in [0.29, 0.717) is 32.4 Å². The Morgan fingerprint density at radius 1 is 1.37 bits per heavy atom. The van der Waals surface area contributed by atoms with Crippen LogP contribution in [0.25, 0.3) is 0 Å². The van der Waals surface area contributed by atoms with Crippen LogP contribution in [0, 0.1) is 5.92 Å². The van der Waals surface area contributed by atoms with Crippen LogP contribution in [0.1, 0.15) is 32.6 Å². The smallest absolute Gasteiger partial charge is 0.317 e. The Bertz CT molecular complexity index is 351. The van der Waals surface area contributed by atoms with Gasteiger partial charge in [-0.25, -0.2) is 4.79 Å². The van der Waals surface area contributed by atoms with E-state index in [1.807, 2.05) is 0 Å². The molecule has 19 heavy (non-hydrogen) atoms. The van der Waals surface area contributed by atoms with Crippen LogP contribution in [0.5, 0.6) is 0 Å². The number of amides is 3. The summed E-state index contributed by atoms with van der Waals surface area (Å²) in [6.07, 6.45) is 1.61. The van der Waals surface area contributed by atoms with E-state index >= 15 is 0 Å². The first-order valence-electron chi connectivity index (χ1n) is 6.46. The molecular weight excluding hydrogens is 250 g/mol. The van der Waals surface area contributed by atoms with Gasteiger partial charge in [0.2, 0.25) is 5.91 Å². The fraction of sp³-hybridized carbons (Fsp3) is 0.750. The summed E-state index contributed by atoms with van der Waals surface area (Å²) < 4.78 is 0. The number of nitrogens with zero attached hydrogens (tertiary/aromatic N) is 1. The number of carboxylic acids is 1. The van der Waals surface area contributed by atoms with E-state index in [0.717, 1.165) is 0 Å². The Balaban J connectivity index is 2.31. The van der Waals surface area contributed by atoms with Crippen LogP contribution in [0.15, 0.2) is 0 Å². The highest BCUT2D eigenvalue weighted by atomic mass is 16.4. The Labute approximate surface area is 112 Å². The van der Waals surface area contributed by atoms with Gasteiger partial charge in [-0.2, -0.15) is 0 Å². The van der Waals surface area contributed by atoms with Crippen molar-refractivity contribution in [3.63, 3.8) is 0 Å². The van der Waals surface area contributed by atoms with Gasteiger partial charge in [0.05, 0.1) is 0 Å². The lowest BCUT2D eigenvalue weighted by Crippen LogP contribution is -2.48. The van der Waals surface area contributed by atoms with E-state index in [1.54, 1.807) is 11.8 Å². The summed E-state index contributed by atoms with van der Waals surface area (Å²) in [5.74, 6) is -1.33. The van der Waals surface area contributed by atoms with E-state index < -0.39 is 5.97 Å². The third-order valence-corrected chi connectivity index (χ3v) is 3.35. The fourth-order valence-corrected chi connectivity index (χ4v) is 2.08. The average Bonchev–Trinajstić information content (AvgIpc) is 2.36. The first kappa shape index (κ1) is 15.3. The molecule has 1 aliphatic heterocycles. The third-order valence-electron chi connectivity index (χ3n) is 3.35. The highest BCUT2D eigenvalue weighted by Gasteiger charge is 2.26. The molecule has 1 aliphatic rings. The van der Waals surface area contributed by atoms with Gasteiger partial charge in [0.25, 0.3) is 0 Å². The highest BCUT2D eigenvalue weighted by Crippen LogP contribution is 2.16. The van der Waals surface area contributed by atoms with Crippen LogP contribution < -0.4 is 11.1 Å². The maximum Gasteiger partial charge on any atom is 0.317 e. The van der Waals surface area contributed by atoms with Gasteiger partial charge < -0.3 is 21.1 Å². The number of hydrogen-bond acceptors (Lipinski definition) is 3. The van der Waals surface area contributed by atoms with Gasteiger partial charge in [-0.15, -0.1) is 0 Å². The number of carboxylic acid groups (broad SMARTS) is 1. The van der Waals surface area contributed by atoms with E-state index in [9.17, 15) is 14.4 Å². The summed E-state index contributed by atoms with van der Waals surface area (Å²) in [5.41, 5.74) is 5.22. The molecule has 1 unspecified atom stereocenters. The zero-order chi connectivity index (χ0) is 14.4. The van der Waals surface area contributed by atoms with Crippen LogP contribution in [0.3, 0.4) is 0 Å². The molecule has 4 N–H and O–H groups in total. The molecule has 1 saturated heterocycles. The molecule has 0 radical (unpaired) electrons. The number of carbonyl (C=O) groups is 3. The second-order valence-electron chi connectivity index (χ2n) is 4.95. The van der Waals surface area contributed by atoms with Crippen LogP contribution in [0.4, 0.5) is 4.79 Å². The monoisotopic (exact) mass is 271 g/mol. The molecule has 0 aliphatic carbocycles. The highest BCUT2D eigenvalue weighted by molar-refractivity contribution is 5.78. The molecule has 0 aromatic carbocycles. The first-order valence-corrected chi connectivity index (χ1v) is 6.46. The van der Waals surface area contributed by atoms with Gasteiger partial charge in [-0.3, -0.25) is 9.59 Å². The van der Waals surface area contributed by atoms with Crippen molar-refractivity contribution < 1.29 is 19.5 Å². The summed E-state index contributed by atoms with van der Waals surface area (Å²) in [7, 11) is 0. The molecule has 0 aromatic rings. The first-order chi connectivity index (χ1) is 8.90. The number of piperidine rings is 1. The molecule has 108 valence electrons. The summed E-state index contributed by atoms with van der Waals surface area (Å²) in [6.45, 7) is 2.78. The SMILES string of the molecule is CC(CCC(=O)O)NC(=O)N1CCC(C(N)=O)CC1. The second kappa shape index (κ2) is 6.96. The van der Waals surface area contributed by atoms with Crippen molar-refractivity contribution in [1.82, 2.24) is 10.2 Å². The lowest BCUT2D eigenvalue weighted by atomic mass is 9.96. The minimum Gasteiger partial charge on any atom is -0.481 e. The molecule has 1 fully saturated rings. The van der Waals surface area contributed by atoms with Crippen molar-refractivity contribution in [2.24, 2.45) is 11.7 Å². The minimum atomic E-state index is -0.872. The van der Waals surface area contributed by atoms with E-state index in [2.05, 4.69) is 5.32 Å². The molecule has 0 spiro atoms. The maximum atomic E-state index is 11.9. The molecular formula is C12H21N3O4. The molecule has 1 atom stereocenters. The third kappa shape index (κ3) is 5.15. The quantitative estimate of drug-likeness (QED) is 0.660. The molecule has 0 bridgehead atoms. The molecule has 7 nitrogen and oxygen atoms in total. The molecule has 1 rings (SSSR count). The maximum absolute atomic E-state index is 11.9. The van der Waals surface area contributed by atoms with Crippen molar-refractivity contribution in [3.8, 4) is 0 Å². The number of nitrogens with two attached hydrogens (primary N) is 1. The number of rotatable bonds is 5. The Morgan fingerprint density at radius 2 is 1.95 bits per heavy atom. The molecule has 3 amide bonds. The van der Waals surface area contributed by atoms with Crippen molar-refractivity contribution >= 4 is 17.9 Å². The van der Waals surface area contributed by atoms with Crippen LogP contribution >= 0.6 is 0 Å². The summed E-state index contributed by atoms with van der Waals surface area (Å²) in [6, 6.07) is -0.390. The van der Waals surface area contributed by atoms with Crippen molar-refractivity contribution in [2.45, 2.75) is 38.6 Å². The Morgan fingerprint density at radius 3 is 2.42 bits per heavy atom. The van der Waals surface area contributed by atoms with Gasteiger partial charge >= 0.3 is 12.0 Å².